The van der Waals surface area contributed by atoms with Gasteiger partial charge in [0.1, 0.15) is 0 Å². The Kier molecular flexibility index (Phi) is 6.10. The molecule has 84 valence electrons. The standard InChI is InChI=1S/C8H16O5S/c1-2-3-4-6(14)5-7(9)13-8(10,11)12/h6,10-12,14H,2-5H2,1H3. The average Bonchev–Trinajstić information content (AvgIpc) is 1.96. The third-order valence-corrected chi connectivity index (χ3v) is 1.98. The lowest BCUT2D eigenvalue weighted by molar-refractivity contribution is -0.435. The van der Waals surface area contributed by atoms with Gasteiger partial charge in [-0.25, -0.2) is 0 Å². The summed E-state index contributed by atoms with van der Waals surface area (Å²) in [5.41, 5.74) is 0. The molecule has 3 N–H and O–H groups in total. The monoisotopic (exact) mass is 224 g/mol. The third kappa shape index (κ3) is 8.31. The number of esters is 1. The number of hydrogen-bond acceptors (Lipinski definition) is 6. The fourth-order valence-electron chi connectivity index (χ4n) is 0.929. The smallest absolute Gasteiger partial charge is 0.384 e. The van der Waals surface area contributed by atoms with Gasteiger partial charge in [-0.2, -0.15) is 12.6 Å². The van der Waals surface area contributed by atoms with Crippen LogP contribution in [-0.2, 0) is 9.53 Å². The quantitative estimate of drug-likeness (QED) is 0.290. The molecule has 0 aliphatic rings. The van der Waals surface area contributed by atoms with Crippen LogP contribution in [0.15, 0.2) is 0 Å². The molecule has 0 rings (SSSR count). The van der Waals surface area contributed by atoms with E-state index in [4.69, 9.17) is 15.3 Å². The second kappa shape index (κ2) is 6.23. The third-order valence-electron chi connectivity index (χ3n) is 1.54. The van der Waals surface area contributed by atoms with Crippen molar-refractivity contribution in [2.45, 2.75) is 44.0 Å². The molecule has 1 unspecified atom stereocenters. The minimum atomic E-state index is -3.38. The lowest BCUT2D eigenvalue weighted by atomic mass is 10.1. The van der Waals surface area contributed by atoms with Gasteiger partial charge < -0.3 is 20.1 Å². The zero-order valence-electron chi connectivity index (χ0n) is 8.01. The molecule has 0 fully saturated rings. The van der Waals surface area contributed by atoms with Gasteiger partial charge in [-0.1, -0.05) is 19.8 Å². The molecule has 0 bridgehead atoms. The Labute approximate surface area is 88.1 Å². The summed E-state index contributed by atoms with van der Waals surface area (Å²) in [6, 6.07) is 0. The predicted molar refractivity (Wildman–Crippen MR) is 52.4 cm³/mol. The van der Waals surface area contributed by atoms with E-state index in [0.29, 0.717) is 0 Å². The molecule has 0 aromatic rings. The van der Waals surface area contributed by atoms with Gasteiger partial charge >= 0.3 is 12.1 Å². The maximum atomic E-state index is 10.9. The molecular weight excluding hydrogens is 208 g/mol. The van der Waals surface area contributed by atoms with E-state index in [-0.39, 0.29) is 11.7 Å². The minimum Gasteiger partial charge on any atom is -0.384 e. The predicted octanol–water partition coefficient (Wildman–Crippen LogP) is -0.00350. The summed E-state index contributed by atoms with van der Waals surface area (Å²) in [4.78, 5) is 10.9. The number of rotatable bonds is 6. The van der Waals surface area contributed by atoms with Crippen LogP contribution >= 0.6 is 12.6 Å². The van der Waals surface area contributed by atoms with E-state index in [2.05, 4.69) is 17.4 Å². The van der Waals surface area contributed by atoms with Crippen molar-refractivity contribution in [1.29, 1.82) is 0 Å². The second-order valence-corrected chi connectivity index (χ2v) is 3.78. The fraction of sp³-hybridized carbons (Fsp3) is 0.875. The van der Waals surface area contributed by atoms with Crippen molar-refractivity contribution in [3.05, 3.63) is 0 Å². The van der Waals surface area contributed by atoms with E-state index < -0.39 is 12.1 Å². The topological polar surface area (TPSA) is 87.0 Å². The number of thiol groups is 1. The summed E-state index contributed by atoms with van der Waals surface area (Å²) in [5, 5.41) is 24.8. The molecule has 6 heteroatoms. The number of unbranched alkanes of at least 4 members (excludes halogenated alkanes) is 1. The highest BCUT2D eigenvalue weighted by Crippen LogP contribution is 2.12. The van der Waals surface area contributed by atoms with Gasteiger partial charge in [0, 0.05) is 5.25 Å². The van der Waals surface area contributed by atoms with E-state index >= 15 is 0 Å². The first-order valence-corrected chi connectivity index (χ1v) is 4.93. The molecule has 0 aromatic heterocycles. The van der Waals surface area contributed by atoms with Crippen LogP contribution in [-0.4, -0.2) is 32.7 Å². The van der Waals surface area contributed by atoms with Gasteiger partial charge in [0.15, 0.2) is 0 Å². The van der Waals surface area contributed by atoms with Crippen molar-refractivity contribution in [2.24, 2.45) is 0 Å². The van der Waals surface area contributed by atoms with Gasteiger partial charge in [-0.15, -0.1) is 0 Å². The summed E-state index contributed by atoms with van der Waals surface area (Å²) in [5.74, 6) is -0.895. The van der Waals surface area contributed by atoms with Crippen molar-refractivity contribution in [3.8, 4) is 0 Å². The Hall–Kier alpha value is -0.300. The Morgan fingerprint density at radius 2 is 2.07 bits per heavy atom. The van der Waals surface area contributed by atoms with E-state index in [9.17, 15) is 4.79 Å². The number of carbonyl (C=O) groups excluding carboxylic acids is 1. The lowest BCUT2D eigenvalue weighted by Gasteiger charge is -2.15. The summed E-state index contributed by atoms with van der Waals surface area (Å²) in [6.45, 7) is 2.01. The molecule has 0 amide bonds. The van der Waals surface area contributed by atoms with Crippen molar-refractivity contribution in [3.63, 3.8) is 0 Å². The van der Waals surface area contributed by atoms with Crippen molar-refractivity contribution >= 4 is 18.6 Å². The van der Waals surface area contributed by atoms with Crippen LogP contribution in [0.4, 0.5) is 0 Å². The van der Waals surface area contributed by atoms with Crippen LogP contribution in [0.25, 0.3) is 0 Å². The largest absolute Gasteiger partial charge is 0.455 e. The zero-order valence-corrected chi connectivity index (χ0v) is 8.91. The SMILES string of the molecule is CCCCC(S)CC(=O)OC(O)(O)O. The summed E-state index contributed by atoms with van der Waals surface area (Å²) in [7, 11) is 0. The molecule has 0 spiro atoms. The van der Waals surface area contributed by atoms with Crippen LogP contribution in [0.5, 0.6) is 0 Å². The van der Waals surface area contributed by atoms with Gasteiger partial charge in [-0.3, -0.25) is 4.79 Å². The van der Waals surface area contributed by atoms with E-state index in [1.54, 1.807) is 0 Å². The Morgan fingerprint density at radius 1 is 1.50 bits per heavy atom. The molecule has 5 nitrogen and oxygen atoms in total. The summed E-state index contributed by atoms with van der Waals surface area (Å²) >= 11 is 4.11. The molecule has 0 saturated carbocycles. The lowest BCUT2D eigenvalue weighted by Crippen LogP contribution is -2.34. The molecule has 0 aliphatic heterocycles. The zero-order chi connectivity index (χ0) is 11.2. The first-order chi connectivity index (χ1) is 6.35. The van der Waals surface area contributed by atoms with Crippen LogP contribution < -0.4 is 0 Å². The van der Waals surface area contributed by atoms with Gasteiger partial charge in [0.25, 0.3) is 0 Å². The minimum absolute atomic E-state index is 0.0630. The molecule has 14 heavy (non-hydrogen) atoms. The van der Waals surface area contributed by atoms with Gasteiger partial charge in [-0.05, 0) is 6.42 Å². The molecule has 1 atom stereocenters. The second-order valence-electron chi connectivity index (χ2n) is 3.05. The van der Waals surface area contributed by atoms with Crippen LogP contribution in [0.3, 0.4) is 0 Å². The molecule has 0 aliphatic carbocycles. The number of carbonyl (C=O) groups is 1. The van der Waals surface area contributed by atoms with E-state index in [1.807, 2.05) is 6.92 Å². The Balaban J connectivity index is 3.71. The molecule has 0 aromatic carbocycles. The molecule has 0 saturated heterocycles. The highest BCUT2D eigenvalue weighted by Gasteiger charge is 2.25. The molecule has 0 radical (unpaired) electrons. The molecular formula is C8H16O5S. The number of ether oxygens (including phenoxy) is 1. The van der Waals surface area contributed by atoms with Gasteiger partial charge in [0.05, 0.1) is 6.42 Å². The van der Waals surface area contributed by atoms with Crippen LogP contribution in [0, 0.1) is 0 Å². The summed E-state index contributed by atoms with van der Waals surface area (Å²) in [6.07, 6.45) is -0.772. The highest BCUT2D eigenvalue weighted by atomic mass is 32.1. The fourth-order valence-corrected chi connectivity index (χ4v) is 1.26. The molecule has 0 heterocycles. The van der Waals surface area contributed by atoms with Crippen molar-refractivity contribution in [2.75, 3.05) is 0 Å². The number of hydrogen-bond donors (Lipinski definition) is 4. The maximum Gasteiger partial charge on any atom is 0.455 e. The maximum absolute atomic E-state index is 10.9. The van der Waals surface area contributed by atoms with Crippen LogP contribution in [0.2, 0.25) is 0 Å². The first-order valence-electron chi connectivity index (χ1n) is 4.42. The van der Waals surface area contributed by atoms with Crippen LogP contribution in [0.1, 0.15) is 32.6 Å². The Bertz CT molecular complexity index is 177. The van der Waals surface area contributed by atoms with E-state index in [1.165, 1.54) is 0 Å². The first kappa shape index (κ1) is 13.7. The summed E-state index contributed by atoms with van der Waals surface area (Å²) < 4.78 is 3.87. The van der Waals surface area contributed by atoms with Gasteiger partial charge in [0.2, 0.25) is 0 Å². The van der Waals surface area contributed by atoms with E-state index in [0.717, 1.165) is 19.3 Å². The normalized spacial score (nSPS) is 13.8. The average molecular weight is 224 g/mol. The van der Waals surface area contributed by atoms with Crippen molar-refractivity contribution in [1.82, 2.24) is 0 Å². The Morgan fingerprint density at radius 3 is 2.50 bits per heavy atom. The highest BCUT2D eigenvalue weighted by molar-refractivity contribution is 7.81. The number of aliphatic hydroxyl groups is 3. The van der Waals surface area contributed by atoms with Crippen molar-refractivity contribution < 1.29 is 24.9 Å².